The maximum Gasteiger partial charge on any atom is 0.335 e. The van der Waals surface area contributed by atoms with Crippen LogP contribution < -0.4 is 0 Å². The van der Waals surface area contributed by atoms with E-state index in [0.29, 0.717) is 17.2 Å². The molecule has 5 N–H and O–H groups in total. The Morgan fingerprint density at radius 1 is 0.804 bits per heavy atom. The van der Waals surface area contributed by atoms with Crippen molar-refractivity contribution in [1.29, 1.82) is 0 Å². The smallest absolute Gasteiger partial charge is 0.335 e. The summed E-state index contributed by atoms with van der Waals surface area (Å²) in [5.41, 5.74) is 0.381. The third kappa shape index (κ3) is 14.4. The zero-order valence-corrected chi connectivity index (χ0v) is 27.0. The number of ether oxygens (including phenoxy) is 2. The van der Waals surface area contributed by atoms with E-state index in [1.165, 1.54) is 75.6 Å². The molecule has 256 valence electrons. The van der Waals surface area contributed by atoms with E-state index in [-0.39, 0.29) is 17.7 Å². The van der Waals surface area contributed by atoms with Gasteiger partial charge in [0.1, 0.15) is 18.3 Å². The third-order valence-corrected chi connectivity index (χ3v) is 8.00. The standard InChI is InChI=1S/C24H44O6.C12H8O4/c1-2-3-4-5-6-7-8-9-10-11-12-13-14-15-16-17-22(27)30-21(18-25)24-23(28)20(26)19-29-24;13-11(14)9-3-1-7-5-10(12(15)16)4-2-8(7)6-9/h9-10,20-21,23-26,28H,2-8,11-19H2,1H3;1-6H,(H,13,14)(H,15,16)/b10-9-;/t20-,21+,23+,24+;/m0./s1. The number of esters is 1. The fraction of sp³-hybridized carbons (Fsp3) is 0.583. The van der Waals surface area contributed by atoms with Gasteiger partial charge in [0, 0.05) is 6.42 Å². The third-order valence-electron chi connectivity index (χ3n) is 8.00. The van der Waals surface area contributed by atoms with E-state index in [2.05, 4.69) is 19.1 Å². The predicted octanol–water partition coefficient (Wildman–Crippen LogP) is 6.28. The summed E-state index contributed by atoms with van der Waals surface area (Å²) in [7, 11) is 0. The van der Waals surface area contributed by atoms with Gasteiger partial charge in [-0.15, -0.1) is 0 Å². The minimum Gasteiger partial charge on any atom is -0.478 e. The molecule has 2 aromatic carbocycles. The normalized spacial score (nSPS) is 18.3. The number of allylic oxidation sites excluding steroid dienone is 2. The van der Waals surface area contributed by atoms with Crippen LogP contribution in [0.3, 0.4) is 0 Å². The fourth-order valence-corrected chi connectivity index (χ4v) is 5.24. The summed E-state index contributed by atoms with van der Waals surface area (Å²) >= 11 is 0. The fourth-order valence-electron chi connectivity index (χ4n) is 5.24. The summed E-state index contributed by atoms with van der Waals surface area (Å²) in [6.45, 7) is 1.79. The molecular formula is C36H52O10. The lowest BCUT2D eigenvalue weighted by molar-refractivity contribution is -0.162. The number of carboxylic acids is 2. The molecule has 1 aliphatic rings. The molecule has 0 aromatic heterocycles. The quantitative estimate of drug-likeness (QED) is 0.0627. The van der Waals surface area contributed by atoms with Gasteiger partial charge < -0.3 is 35.0 Å². The van der Waals surface area contributed by atoms with E-state index in [4.69, 9.17) is 19.7 Å². The highest BCUT2D eigenvalue weighted by molar-refractivity contribution is 5.97. The molecule has 3 rings (SSSR count). The molecule has 10 heteroatoms. The number of carboxylic acid groups (broad SMARTS) is 2. The molecule has 1 heterocycles. The van der Waals surface area contributed by atoms with Crippen LogP contribution in [0, 0.1) is 0 Å². The van der Waals surface area contributed by atoms with Crippen LogP contribution in [0.25, 0.3) is 10.8 Å². The van der Waals surface area contributed by atoms with Gasteiger partial charge in [-0.3, -0.25) is 4.79 Å². The number of unbranched alkanes of at least 4 members (excludes halogenated alkanes) is 11. The molecule has 0 bridgehead atoms. The van der Waals surface area contributed by atoms with E-state index >= 15 is 0 Å². The molecule has 46 heavy (non-hydrogen) atoms. The zero-order chi connectivity index (χ0) is 33.7. The highest BCUT2D eigenvalue weighted by atomic mass is 16.6. The van der Waals surface area contributed by atoms with Gasteiger partial charge in [-0.2, -0.15) is 0 Å². The first-order valence-corrected chi connectivity index (χ1v) is 16.6. The van der Waals surface area contributed by atoms with Crippen molar-refractivity contribution in [2.24, 2.45) is 0 Å². The summed E-state index contributed by atoms with van der Waals surface area (Å²) in [4.78, 5) is 33.4. The minimum absolute atomic E-state index is 0.0197. The van der Waals surface area contributed by atoms with Crippen LogP contribution in [-0.4, -0.2) is 81.1 Å². The zero-order valence-electron chi connectivity index (χ0n) is 27.0. The van der Waals surface area contributed by atoms with E-state index < -0.39 is 48.9 Å². The Labute approximate surface area is 272 Å². The molecule has 4 atom stereocenters. The van der Waals surface area contributed by atoms with E-state index in [0.717, 1.165) is 32.1 Å². The van der Waals surface area contributed by atoms with Gasteiger partial charge in [-0.25, -0.2) is 9.59 Å². The summed E-state index contributed by atoms with van der Waals surface area (Å²) in [6.07, 6.45) is 16.5. The number of aliphatic hydroxyl groups excluding tert-OH is 3. The molecule has 10 nitrogen and oxygen atoms in total. The largest absolute Gasteiger partial charge is 0.478 e. The number of hydrogen-bond donors (Lipinski definition) is 5. The van der Waals surface area contributed by atoms with Crippen molar-refractivity contribution in [2.45, 2.75) is 121 Å². The monoisotopic (exact) mass is 644 g/mol. The molecule has 0 spiro atoms. The van der Waals surface area contributed by atoms with Gasteiger partial charge in [0.05, 0.1) is 24.3 Å². The van der Waals surface area contributed by atoms with Gasteiger partial charge in [0.25, 0.3) is 0 Å². The number of carbonyl (C=O) groups is 3. The molecule has 0 unspecified atom stereocenters. The molecule has 1 aliphatic heterocycles. The van der Waals surface area contributed by atoms with Crippen LogP contribution in [0.5, 0.6) is 0 Å². The Balaban J connectivity index is 0.000000383. The first-order chi connectivity index (χ1) is 22.2. The van der Waals surface area contributed by atoms with Crippen molar-refractivity contribution in [3.8, 4) is 0 Å². The highest BCUT2D eigenvalue weighted by Crippen LogP contribution is 2.21. The molecule has 0 radical (unpaired) electrons. The van der Waals surface area contributed by atoms with Crippen LogP contribution in [0.2, 0.25) is 0 Å². The van der Waals surface area contributed by atoms with Crippen molar-refractivity contribution in [3.63, 3.8) is 0 Å². The van der Waals surface area contributed by atoms with Crippen LogP contribution in [0.15, 0.2) is 48.6 Å². The second-order valence-electron chi connectivity index (χ2n) is 11.8. The Morgan fingerprint density at radius 2 is 1.30 bits per heavy atom. The van der Waals surface area contributed by atoms with Gasteiger partial charge in [-0.05, 0) is 67.1 Å². The van der Waals surface area contributed by atoms with E-state index in [9.17, 15) is 29.7 Å². The Kier molecular flexibility index (Phi) is 18.8. The summed E-state index contributed by atoms with van der Waals surface area (Å²) in [5, 5.41) is 47.7. The van der Waals surface area contributed by atoms with Gasteiger partial charge >= 0.3 is 17.9 Å². The maximum atomic E-state index is 11.9. The van der Waals surface area contributed by atoms with Gasteiger partial charge in [0.2, 0.25) is 0 Å². The summed E-state index contributed by atoms with van der Waals surface area (Å²) in [6, 6.07) is 9.15. The Hall–Kier alpha value is -3.31. The number of hydrogen-bond acceptors (Lipinski definition) is 8. The van der Waals surface area contributed by atoms with Gasteiger partial charge in [0.15, 0.2) is 6.10 Å². The van der Waals surface area contributed by atoms with Crippen molar-refractivity contribution in [3.05, 3.63) is 59.7 Å². The lowest BCUT2D eigenvalue weighted by atomic mass is 10.0. The summed E-state index contributed by atoms with van der Waals surface area (Å²) < 4.78 is 10.4. The van der Waals surface area contributed by atoms with Crippen LogP contribution in [0.4, 0.5) is 0 Å². The SMILES string of the molecule is CCCCCCCC/C=C\CCCCCCCC(=O)O[C@H](CO)[C@H]1OC[C@H](O)[C@H]1O.O=C(O)c1ccc2cc(C(=O)O)ccc2c1. The van der Waals surface area contributed by atoms with Crippen molar-refractivity contribution < 1.29 is 49.4 Å². The first kappa shape index (κ1) is 38.9. The molecule has 0 saturated carbocycles. The Morgan fingerprint density at radius 3 is 1.76 bits per heavy atom. The second kappa shape index (κ2) is 22.3. The van der Waals surface area contributed by atoms with Crippen molar-refractivity contribution in [2.75, 3.05) is 13.2 Å². The van der Waals surface area contributed by atoms with Crippen molar-refractivity contribution in [1.82, 2.24) is 0 Å². The molecule has 1 fully saturated rings. The van der Waals surface area contributed by atoms with Crippen LogP contribution in [-0.2, 0) is 14.3 Å². The van der Waals surface area contributed by atoms with Crippen LogP contribution >= 0.6 is 0 Å². The lowest BCUT2D eigenvalue weighted by Crippen LogP contribution is -2.43. The van der Waals surface area contributed by atoms with E-state index in [1.54, 1.807) is 12.1 Å². The summed E-state index contributed by atoms with van der Waals surface area (Å²) in [5.74, 6) is -2.39. The number of carbonyl (C=O) groups excluding carboxylic acids is 1. The number of benzene rings is 2. The minimum atomic E-state index is -1.14. The molecule has 0 aliphatic carbocycles. The molecule has 0 amide bonds. The molecular weight excluding hydrogens is 592 g/mol. The Bertz CT molecular complexity index is 1170. The number of aromatic carboxylic acids is 2. The average Bonchev–Trinajstić information content (AvgIpc) is 3.38. The van der Waals surface area contributed by atoms with Crippen LogP contribution in [0.1, 0.15) is 118 Å². The number of aliphatic hydroxyl groups is 3. The predicted molar refractivity (Wildman–Crippen MR) is 176 cm³/mol. The topological polar surface area (TPSA) is 171 Å². The molecule has 2 aromatic rings. The number of rotatable bonds is 20. The van der Waals surface area contributed by atoms with Gasteiger partial charge in [-0.1, -0.05) is 82.6 Å². The maximum absolute atomic E-state index is 11.9. The highest BCUT2D eigenvalue weighted by Gasteiger charge is 2.41. The second-order valence-corrected chi connectivity index (χ2v) is 11.8. The first-order valence-electron chi connectivity index (χ1n) is 16.6. The van der Waals surface area contributed by atoms with E-state index in [1.807, 2.05) is 0 Å². The van der Waals surface area contributed by atoms with Crippen molar-refractivity contribution >= 4 is 28.7 Å². The lowest BCUT2D eigenvalue weighted by Gasteiger charge is -2.24. The molecule has 1 saturated heterocycles. The number of fused-ring (bicyclic) bond motifs is 1. The average molecular weight is 645 g/mol.